The maximum atomic E-state index is 15.8. The summed E-state index contributed by atoms with van der Waals surface area (Å²) >= 11 is 0. The molecule has 0 bridgehead atoms. The highest BCUT2D eigenvalue weighted by Crippen LogP contribution is 2.43. The maximum Gasteiger partial charge on any atom is 0.341 e. The Bertz CT molecular complexity index is 1190. The first-order chi connectivity index (χ1) is 14.8. The molecule has 6 nitrogen and oxygen atoms in total. The molecule has 1 aromatic heterocycles. The van der Waals surface area contributed by atoms with Crippen LogP contribution in [0.5, 0.6) is 0 Å². The number of likely N-dealkylation sites (N-methyl/N-ethyl adjacent to an activating group) is 1. The fraction of sp³-hybridized carbons (Fsp3) is 0.455. The third kappa shape index (κ3) is 2.97. The predicted octanol–water partition coefficient (Wildman–Crippen LogP) is 3.05. The largest absolute Gasteiger partial charge is 0.477 e. The van der Waals surface area contributed by atoms with Crippen LogP contribution in [0.3, 0.4) is 0 Å². The van der Waals surface area contributed by atoms with Crippen LogP contribution < -0.4 is 15.6 Å². The number of carboxylic acid groups (broad SMARTS) is 1. The molecule has 2 N–H and O–H groups in total. The van der Waals surface area contributed by atoms with Crippen LogP contribution in [-0.2, 0) is 0 Å². The van der Waals surface area contributed by atoms with Gasteiger partial charge in [0, 0.05) is 37.3 Å². The normalized spacial score (nSPS) is 25.3. The smallest absolute Gasteiger partial charge is 0.341 e. The third-order valence-corrected chi connectivity index (χ3v) is 6.83. The number of nitrogens with one attached hydrogen (secondary N) is 1. The SMILES string of the molecule is CNC1C=CCC2CN(c3c(F)c(F)c4c(=O)c(C(=O)O)cn(C5CC5)c4c3F)CC21. The third-order valence-electron chi connectivity index (χ3n) is 6.83. The van der Waals surface area contributed by atoms with Crippen molar-refractivity contribution in [2.45, 2.75) is 31.3 Å². The van der Waals surface area contributed by atoms with Gasteiger partial charge in [0.15, 0.2) is 17.5 Å². The molecule has 164 valence electrons. The van der Waals surface area contributed by atoms with Gasteiger partial charge in [-0.1, -0.05) is 12.2 Å². The van der Waals surface area contributed by atoms with E-state index < -0.39 is 45.5 Å². The fourth-order valence-corrected chi connectivity index (χ4v) is 5.14. The van der Waals surface area contributed by atoms with E-state index in [2.05, 4.69) is 5.32 Å². The fourth-order valence-electron chi connectivity index (χ4n) is 5.14. The molecule has 31 heavy (non-hydrogen) atoms. The second-order valence-electron chi connectivity index (χ2n) is 8.64. The molecule has 3 aliphatic rings. The van der Waals surface area contributed by atoms with Crippen LogP contribution >= 0.6 is 0 Å². The van der Waals surface area contributed by atoms with E-state index in [1.54, 1.807) is 0 Å². The van der Waals surface area contributed by atoms with E-state index in [1.165, 1.54) is 9.47 Å². The molecule has 1 aromatic carbocycles. The van der Waals surface area contributed by atoms with Gasteiger partial charge in [0.2, 0.25) is 5.43 Å². The first kappa shape index (κ1) is 20.1. The number of nitrogens with zero attached hydrogens (tertiary/aromatic N) is 2. The number of halogens is 3. The van der Waals surface area contributed by atoms with Crippen molar-refractivity contribution in [3.8, 4) is 0 Å². The molecule has 1 saturated carbocycles. The highest BCUT2D eigenvalue weighted by atomic mass is 19.2. The molecule has 0 radical (unpaired) electrons. The van der Waals surface area contributed by atoms with Crippen LogP contribution in [0.25, 0.3) is 10.9 Å². The number of pyridine rings is 1. The van der Waals surface area contributed by atoms with Crippen LogP contribution in [0.4, 0.5) is 18.9 Å². The Balaban J connectivity index is 1.71. The minimum absolute atomic E-state index is 0.0583. The molecule has 9 heteroatoms. The van der Waals surface area contributed by atoms with Crippen molar-refractivity contribution in [3.63, 3.8) is 0 Å². The van der Waals surface area contributed by atoms with E-state index in [-0.39, 0.29) is 29.4 Å². The second-order valence-corrected chi connectivity index (χ2v) is 8.64. The van der Waals surface area contributed by atoms with Crippen molar-refractivity contribution in [3.05, 3.63) is 51.6 Å². The van der Waals surface area contributed by atoms with E-state index in [0.29, 0.717) is 25.9 Å². The van der Waals surface area contributed by atoms with Crippen molar-refractivity contribution in [2.75, 3.05) is 25.0 Å². The molecule has 2 aliphatic carbocycles. The van der Waals surface area contributed by atoms with Gasteiger partial charge in [-0.2, -0.15) is 0 Å². The van der Waals surface area contributed by atoms with Crippen LogP contribution in [-0.4, -0.2) is 41.8 Å². The van der Waals surface area contributed by atoms with E-state index in [0.717, 1.165) is 12.6 Å². The minimum atomic E-state index is -1.56. The summed E-state index contributed by atoms with van der Waals surface area (Å²) < 4.78 is 47.4. The zero-order valence-electron chi connectivity index (χ0n) is 16.9. The Kier molecular flexibility index (Phi) is 4.62. The number of carboxylic acids is 1. The summed E-state index contributed by atoms with van der Waals surface area (Å²) in [5.74, 6) is -5.22. The van der Waals surface area contributed by atoms with Crippen molar-refractivity contribution in [1.29, 1.82) is 0 Å². The first-order valence-corrected chi connectivity index (χ1v) is 10.4. The number of aromatic carboxylic acids is 1. The van der Waals surface area contributed by atoms with Gasteiger partial charge in [0.05, 0.1) is 10.9 Å². The van der Waals surface area contributed by atoms with Gasteiger partial charge in [0.1, 0.15) is 11.3 Å². The number of aromatic nitrogens is 1. The standard InChI is InChI=1S/C22H22F3N3O3/c1-26-14-4-2-3-10-7-27(8-12(10)14)20-17(24)16(23)15-19(18(20)25)28(11-5-6-11)9-13(21(15)29)22(30)31/h2,4,9-12,14,26H,3,5-8H2,1H3,(H,30,31). The predicted molar refractivity (Wildman–Crippen MR) is 109 cm³/mol. The number of hydrogen-bond acceptors (Lipinski definition) is 4. The summed E-state index contributed by atoms with van der Waals surface area (Å²) in [5.41, 5.74) is -2.74. The number of rotatable bonds is 4. The molecule has 0 spiro atoms. The van der Waals surface area contributed by atoms with Crippen molar-refractivity contribution in [1.82, 2.24) is 9.88 Å². The van der Waals surface area contributed by atoms with Crippen LogP contribution in [0.2, 0.25) is 0 Å². The molecular weight excluding hydrogens is 411 g/mol. The summed E-state index contributed by atoms with van der Waals surface area (Å²) in [4.78, 5) is 25.6. The zero-order valence-corrected chi connectivity index (χ0v) is 16.9. The van der Waals surface area contributed by atoms with Crippen LogP contribution in [0, 0.1) is 29.3 Å². The topological polar surface area (TPSA) is 74.6 Å². The first-order valence-electron chi connectivity index (χ1n) is 10.4. The molecule has 1 saturated heterocycles. The van der Waals surface area contributed by atoms with Crippen molar-refractivity contribution < 1.29 is 23.1 Å². The summed E-state index contributed by atoms with van der Waals surface area (Å²) in [6.45, 7) is 0.715. The highest BCUT2D eigenvalue weighted by Gasteiger charge is 2.41. The number of allylic oxidation sites excluding steroid dienone is 1. The van der Waals surface area contributed by atoms with Gasteiger partial charge < -0.3 is 19.9 Å². The number of carbonyl (C=O) groups is 1. The quantitative estimate of drug-likeness (QED) is 0.573. The summed E-state index contributed by atoms with van der Waals surface area (Å²) in [7, 11) is 1.82. The minimum Gasteiger partial charge on any atom is -0.477 e. The van der Waals surface area contributed by atoms with E-state index in [9.17, 15) is 14.7 Å². The summed E-state index contributed by atoms with van der Waals surface area (Å²) in [6.07, 6.45) is 7.20. The Hall–Kier alpha value is -2.81. The highest BCUT2D eigenvalue weighted by molar-refractivity contribution is 5.94. The van der Waals surface area contributed by atoms with Crippen LogP contribution in [0.1, 0.15) is 35.7 Å². The Morgan fingerprint density at radius 3 is 2.55 bits per heavy atom. The molecule has 0 amide bonds. The summed E-state index contributed by atoms with van der Waals surface area (Å²) in [5, 5.41) is 11.7. The van der Waals surface area contributed by atoms with Crippen molar-refractivity contribution >= 4 is 22.6 Å². The maximum absolute atomic E-state index is 15.8. The number of fused-ring (bicyclic) bond motifs is 2. The van der Waals surface area contributed by atoms with Gasteiger partial charge >= 0.3 is 5.97 Å². The Labute approximate surface area is 176 Å². The van der Waals surface area contributed by atoms with E-state index in [4.69, 9.17) is 0 Å². The van der Waals surface area contributed by atoms with Gasteiger partial charge in [-0.15, -0.1) is 0 Å². The van der Waals surface area contributed by atoms with Crippen molar-refractivity contribution in [2.24, 2.45) is 11.8 Å². The average molecular weight is 433 g/mol. The molecule has 3 unspecified atom stereocenters. The van der Waals surface area contributed by atoms with Gasteiger partial charge in [-0.05, 0) is 32.2 Å². The molecule has 5 rings (SSSR count). The zero-order chi connectivity index (χ0) is 22.0. The second kappa shape index (κ2) is 7.12. The molecule has 1 aliphatic heterocycles. The van der Waals surface area contributed by atoms with E-state index >= 15 is 13.2 Å². The van der Waals surface area contributed by atoms with Gasteiger partial charge in [0.25, 0.3) is 0 Å². The van der Waals surface area contributed by atoms with Crippen LogP contribution in [0.15, 0.2) is 23.1 Å². The average Bonchev–Trinajstić information content (AvgIpc) is 3.49. The Morgan fingerprint density at radius 1 is 1.16 bits per heavy atom. The molecular formula is C22H22F3N3O3. The summed E-state index contributed by atoms with van der Waals surface area (Å²) in [6, 6.07) is -0.185. The number of benzene rings is 1. The number of hydrogen-bond donors (Lipinski definition) is 2. The lowest BCUT2D eigenvalue weighted by Gasteiger charge is -2.28. The van der Waals surface area contributed by atoms with Gasteiger partial charge in [-0.25, -0.2) is 18.0 Å². The molecule has 2 fully saturated rings. The van der Waals surface area contributed by atoms with E-state index in [1.807, 2.05) is 19.2 Å². The lowest BCUT2D eigenvalue weighted by atomic mass is 9.82. The van der Waals surface area contributed by atoms with Gasteiger partial charge in [-0.3, -0.25) is 4.79 Å². The lowest BCUT2D eigenvalue weighted by molar-refractivity contribution is 0.0694. The monoisotopic (exact) mass is 433 g/mol. The lowest BCUT2D eigenvalue weighted by Crippen LogP contribution is -2.38. The molecule has 2 heterocycles. The molecule has 2 aromatic rings. The molecule has 3 atom stereocenters. The number of anilines is 1. The Morgan fingerprint density at radius 2 is 1.90 bits per heavy atom.